The van der Waals surface area contributed by atoms with Crippen molar-refractivity contribution >= 4 is 36.3 Å². The Hall–Kier alpha value is -0.560. The van der Waals surface area contributed by atoms with Gasteiger partial charge in [-0.15, -0.1) is 11.8 Å². The van der Waals surface area contributed by atoms with Gasteiger partial charge in [-0.25, -0.2) is 0 Å². The minimum atomic E-state index is -0.857. The number of hydrogen-bond donors (Lipinski definition) is 4. The van der Waals surface area contributed by atoms with E-state index in [4.69, 9.17) is 16.6 Å². The number of aliphatic carboxylic acids is 1. The number of carbonyl (C=O) groups is 1. The van der Waals surface area contributed by atoms with Crippen LogP contribution in [0.15, 0.2) is 4.99 Å². The van der Waals surface area contributed by atoms with Gasteiger partial charge in [-0.05, 0) is 0 Å². The van der Waals surface area contributed by atoms with Crippen molar-refractivity contribution in [3.8, 4) is 0 Å². The predicted octanol–water partition coefficient (Wildman–Crippen LogP) is -0.624. The summed E-state index contributed by atoms with van der Waals surface area (Å²) in [5.41, 5.74) is 10.2. The Kier molecular flexibility index (Phi) is 6.61. The minimum absolute atomic E-state index is 0.0262. The van der Waals surface area contributed by atoms with E-state index < -0.39 is 11.2 Å². The van der Waals surface area contributed by atoms with E-state index in [0.717, 1.165) is 0 Å². The smallest absolute Gasteiger partial charge is 0.317 e. The minimum Gasteiger partial charge on any atom is -0.480 e. The molecule has 1 atom stereocenters. The molecule has 0 amide bonds. The average Bonchev–Trinajstić information content (AvgIpc) is 2.03. The standard InChI is InChI=1S/C6H13N3O2S2/c7-6(8)9-1-2-13-4(3-12)5(10)11/h4,12H,1-3H2,(H,10,11)(H4,7,8,9). The van der Waals surface area contributed by atoms with E-state index >= 15 is 0 Å². The molecule has 0 aliphatic heterocycles. The first-order valence-corrected chi connectivity index (χ1v) is 5.26. The van der Waals surface area contributed by atoms with Crippen molar-refractivity contribution in [1.29, 1.82) is 0 Å². The first-order chi connectivity index (χ1) is 6.07. The first-order valence-electron chi connectivity index (χ1n) is 3.58. The van der Waals surface area contributed by atoms with Crippen molar-refractivity contribution in [1.82, 2.24) is 0 Å². The number of thioether (sulfide) groups is 1. The summed E-state index contributed by atoms with van der Waals surface area (Å²) in [7, 11) is 0. The number of aliphatic imine (C=N–C) groups is 1. The number of hydrogen-bond acceptors (Lipinski definition) is 4. The number of rotatable bonds is 6. The number of carboxylic acids is 1. The van der Waals surface area contributed by atoms with E-state index in [1.165, 1.54) is 11.8 Å². The Balaban J connectivity index is 3.62. The summed E-state index contributed by atoms with van der Waals surface area (Å²) in [5, 5.41) is 8.14. The monoisotopic (exact) mass is 223 g/mol. The van der Waals surface area contributed by atoms with E-state index in [1.54, 1.807) is 0 Å². The van der Waals surface area contributed by atoms with Gasteiger partial charge >= 0.3 is 5.97 Å². The van der Waals surface area contributed by atoms with Crippen LogP contribution in [0, 0.1) is 0 Å². The van der Waals surface area contributed by atoms with Crippen LogP contribution in [0.5, 0.6) is 0 Å². The lowest BCUT2D eigenvalue weighted by molar-refractivity contribution is -0.135. The van der Waals surface area contributed by atoms with Crippen molar-refractivity contribution < 1.29 is 9.90 Å². The van der Waals surface area contributed by atoms with E-state index in [9.17, 15) is 4.79 Å². The maximum atomic E-state index is 10.5. The molecule has 5 N–H and O–H groups in total. The lowest BCUT2D eigenvalue weighted by Gasteiger charge is -2.06. The molecule has 0 aromatic heterocycles. The van der Waals surface area contributed by atoms with Gasteiger partial charge in [0.25, 0.3) is 0 Å². The van der Waals surface area contributed by atoms with Gasteiger partial charge in [0.15, 0.2) is 5.96 Å². The molecule has 0 bridgehead atoms. The Labute approximate surface area is 86.4 Å². The zero-order chi connectivity index (χ0) is 10.3. The van der Waals surface area contributed by atoms with E-state index in [1.807, 2.05) is 0 Å². The molecule has 5 nitrogen and oxygen atoms in total. The number of carboxylic acid groups (broad SMARTS) is 1. The van der Waals surface area contributed by atoms with Gasteiger partial charge in [0.05, 0.1) is 6.54 Å². The van der Waals surface area contributed by atoms with Gasteiger partial charge in [-0.3, -0.25) is 9.79 Å². The summed E-state index contributed by atoms with van der Waals surface area (Å²) >= 11 is 5.19. The molecule has 0 radical (unpaired) electrons. The largest absolute Gasteiger partial charge is 0.480 e. The van der Waals surface area contributed by atoms with Gasteiger partial charge in [0, 0.05) is 11.5 Å². The Morgan fingerprint density at radius 3 is 2.62 bits per heavy atom. The summed E-state index contributed by atoms with van der Waals surface area (Å²) in [6.45, 7) is 0.435. The zero-order valence-electron chi connectivity index (χ0n) is 7.01. The second-order valence-corrected chi connectivity index (χ2v) is 3.86. The highest BCUT2D eigenvalue weighted by Gasteiger charge is 2.14. The molecule has 0 spiro atoms. The zero-order valence-corrected chi connectivity index (χ0v) is 8.72. The fraction of sp³-hybridized carbons (Fsp3) is 0.667. The quantitative estimate of drug-likeness (QED) is 0.208. The molecule has 0 fully saturated rings. The van der Waals surface area contributed by atoms with Crippen molar-refractivity contribution in [3.63, 3.8) is 0 Å². The summed E-state index contributed by atoms with van der Waals surface area (Å²) < 4.78 is 0. The third-order valence-electron chi connectivity index (χ3n) is 1.15. The van der Waals surface area contributed by atoms with Crippen LogP contribution in [-0.4, -0.2) is 40.3 Å². The van der Waals surface area contributed by atoms with Crippen LogP contribution in [0.2, 0.25) is 0 Å². The maximum absolute atomic E-state index is 10.5. The van der Waals surface area contributed by atoms with Gasteiger partial charge in [-0.2, -0.15) is 12.6 Å². The Morgan fingerprint density at radius 1 is 1.62 bits per heavy atom. The predicted molar refractivity (Wildman–Crippen MR) is 58.4 cm³/mol. The third kappa shape index (κ3) is 6.59. The van der Waals surface area contributed by atoms with Crippen LogP contribution < -0.4 is 11.5 Å². The Morgan fingerprint density at radius 2 is 2.23 bits per heavy atom. The molecule has 7 heteroatoms. The summed E-state index contributed by atoms with van der Waals surface area (Å²) in [6.07, 6.45) is 0. The first kappa shape index (κ1) is 12.4. The Bertz CT molecular complexity index is 194. The third-order valence-corrected chi connectivity index (χ3v) is 2.95. The van der Waals surface area contributed by atoms with Crippen molar-refractivity contribution in [3.05, 3.63) is 0 Å². The summed E-state index contributed by atoms with van der Waals surface area (Å²) in [5.74, 6) is 0.0556. The van der Waals surface area contributed by atoms with Crippen molar-refractivity contribution in [2.24, 2.45) is 16.5 Å². The van der Waals surface area contributed by atoms with Crippen LogP contribution in [0.25, 0.3) is 0 Å². The number of nitrogens with zero attached hydrogens (tertiary/aromatic N) is 1. The number of nitrogens with two attached hydrogens (primary N) is 2. The lowest BCUT2D eigenvalue weighted by Crippen LogP contribution is -2.23. The van der Waals surface area contributed by atoms with Crippen LogP contribution in [0.4, 0.5) is 0 Å². The van der Waals surface area contributed by atoms with Gasteiger partial charge in [0.1, 0.15) is 5.25 Å². The molecule has 0 saturated heterocycles. The normalized spacial score (nSPS) is 12.1. The molecule has 0 aliphatic rings. The molecular formula is C6H13N3O2S2. The molecule has 13 heavy (non-hydrogen) atoms. The highest BCUT2D eigenvalue weighted by atomic mass is 32.2. The average molecular weight is 223 g/mol. The van der Waals surface area contributed by atoms with Gasteiger partial charge in [-0.1, -0.05) is 0 Å². The lowest BCUT2D eigenvalue weighted by atomic mass is 10.5. The highest BCUT2D eigenvalue weighted by Crippen LogP contribution is 2.12. The highest BCUT2D eigenvalue weighted by molar-refractivity contribution is 8.01. The molecule has 0 aromatic rings. The van der Waals surface area contributed by atoms with Crippen molar-refractivity contribution in [2.45, 2.75) is 5.25 Å². The topological polar surface area (TPSA) is 102 Å². The van der Waals surface area contributed by atoms with Gasteiger partial charge in [0.2, 0.25) is 0 Å². The SMILES string of the molecule is NC(N)=NCCSC(CS)C(=O)O. The van der Waals surface area contributed by atoms with Crippen LogP contribution >= 0.6 is 24.4 Å². The van der Waals surface area contributed by atoms with E-state index in [-0.39, 0.29) is 5.96 Å². The molecule has 0 aliphatic carbocycles. The second kappa shape index (κ2) is 6.90. The van der Waals surface area contributed by atoms with Crippen molar-refractivity contribution in [2.75, 3.05) is 18.1 Å². The molecule has 0 saturated carbocycles. The number of thiol groups is 1. The van der Waals surface area contributed by atoms with E-state index in [0.29, 0.717) is 18.1 Å². The fourth-order valence-corrected chi connectivity index (χ4v) is 1.77. The summed E-state index contributed by atoms with van der Waals surface area (Å²) in [4.78, 5) is 14.2. The second-order valence-electron chi connectivity index (χ2n) is 2.19. The molecule has 0 aromatic carbocycles. The number of guanidine groups is 1. The summed E-state index contributed by atoms with van der Waals surface area (Å²) in [6, 6.07) is 0. The van der Waals surface area contributed by atoms with Gasteiger partial charge < -0.3 is 16.6 Å². The molecule has 76 valence electrons. The molecule has 0 heterocycles. The van der Waals surface area contributed by atoms with Crippen LogP contribution in [-0.2, 0) is 4.79 Å². The van der Waals surface area contributed by atoms with E-state index in [2.05, 4.69) is 17.6 Å². The molecular weight excluding hydrogens is 210 g/mol. The molecule has 0 rings (SSSR count). The maximum Gasteiger partial charge on any atom is 0.317 e. The molecule has 1 unspecified atom stereocenters. The van der Waals surface area contributed by atoms with Crippen LogP contribution in [0.1, 0.15) is 0 Å². The van der Waals surface area contributed by atoms with Crippen LogP contribution in [0.3, 0.4) is 0 Å². The fourth-order valence-electron chi connectivity index (χ4n) is 0.572.